The zero-order valence-corrected chi connectivity index (χ0v) is 15.2. The van der Waals surface area contributed by atoms with Gasteiger partial charge in [-0.25, -0.2) is 0 Å². The summed E-state index contributed by atoms with van der Waals surface area (Å²) < 4.78 is 0. The predicted molar refractivity (Wildman–Crippen MR) is 94.0 cm³/mol. The number of anilines is 1. The Labute approximate surface area is 157 Å². The number of hydrogen-bond donors (Lipinski definition) is 2. The standard InChI is InChI=1S/C19H21N3O2.Co/c1-12-6-7-15(17(23)10-12)20-21-16-11-13-4-2-8-22-9-3-5-14(18(13)22)19(16)24;/h6-7,10-11,23-24H,2-5,8-9H2,1H3;. The van der Waals surface area contributed by atoms with Crippen LogP contribution in [0.2, 0.25) is 0 Å². The maximum absolute atomic E-state index is 10.6. The zero-order valence-electron chi connectivity index (χ0n) is 14.1. The number of rotatable bonds is 2. The summed E-state index contributed by atoms with van der Waals surface area (Å²) in [5, 5.41) is 29.0. The van der Waals surface area contributed by atoms with Crippen molar-refractivity contribution in [2.75, 3.05) is 18.0 Å². The molecule has 0 spiro atoms. The Balaban J connectivity index is 0.00000182. The van der Waals surface area contributed by atoms with E-state index in [0.29, 0.717) is 11.4 Å². The number of phenols is 2. The van der Waals surface area contributed by atoms with Gasteiger partial charge in [-0.05, 0) is 61.9 Å². The first-order chi connectivity index (χ1) is 11.6. The average molecular weight is 382 g/mol. The minimum Gasteiger partial charge on any atom is -0.506 e. The molecule has 0 fully saturated rings. The van der Waals surface area contributed by atoms with Crippen LogP contribution in [0.15, 0.2) is 34.5 Å². The first kappa shape index (κ1) is 17.8. The third-order valence-electron chi connectivity index (χ3n) is 4.87. The molecule has 1 radical (unpaired) electrons. The molecule has 0 saturated carbocycles. The van der Waals surface area contributed by atoms with E-state index >= 15 is 0 Å². The van der Waals surface area contributed by atoms with Gasteiger partial charge < -0.3 is 15.1 Å². The Bertz CT molecular complexity index is 834. The molecule has 5 nitrogen and oxygen atoms in total. The summed E-state index contributed by atoms with van der Waals surface area (Å²) in [6, 6.07) is 7.21. The van der Waals surface area contributed by atoms with Crippen LogP contribution in [0.4, 0.5) is 17.1 Å². The molecule has 25 heavy (non-hydrogen) atoms. The average Bonchev–Trinajstić information content (AvgIpc) is 2.58. The van der Waals surface area contributed by atoms with Gasteiger partial charge in [0.25, 0.3) is 0 Å². The van der Waals surface area contributed by atoms with E-state index in [1.807, 2.05) is 19.1 Å². The molecule has 0 aliphatic carbocycles. The summed E-state index contributed by atoms with van der Waals surface area (Å²) in [4.78, 5) is 2.38. The third kappa shape index (κ3) is 3.24. The van der Waals surface area contributed by atoms with Gasteiger partial charge >= 0.3 is 0 Å². The van der Waals surface area contributed by atoms with E-state index in [-0.39, 0.29) is 28.3 Å². The SMILES string of the molecule is Cc1ccc(N=Nc2cc3c4c(c2O)CCCN4CCC3)c(O)c1.[Co]. The maximum Gasteiger partial charge on any atom is 0.148 e. The molecule has 2 aromatic carbocycles. The van der Waals surface area contributed by atoms with Crippen molar-refractivity contribution >= 4 is 17.1 Å². The number of benzene rings is 2. The summed E-state index contributed by atoms with van der Waals surface area (Å²) in [6.45, 7) is 4.04. The molecule has 2 aliphatic heterocycles. The molecule has 133 valence electrons. The van der Waals surface area contributed by atoms with E-state index in [1.165, 1.54) is 11.3 Å². The van der Waals surface area contributed by atoms with E-state index in [0.717, 1.165) is 49.9 Å². The van der Waals surface area contributed by atoms with Gasteiger partial charge in [0.05, 0.1) is 0 Å². The molecule has 0 bridgehead atoms. The molecule has 4 rings (SSSR count). The number of hydrogen-bond acceptors (Lipinski definition) is 5. The molecule has 2 heterocycles. The number of aryl methyl sites for hydroxylation is 2. The second-order valence-corrected chi connectivity index (χ2v) is 6.62. The Morgan fingerprint density at radius 1 is 0.960 bits per heavy atom. The van der Waals surface area contributed by atoms with Gasteiger partial charge in [0, 0.05) is 41.1 Å². The third-order valence-corrected chi connectivity index (χ3v) is 4.87. The van der Waals surface area contributed by atoms with E-state index in [1.54, 1.807) is 12.1 Å². The molecule has 0 atom stereocenters. The van der Waals surface area contributed by atoms with Crippen molar-refractivity contribution in [1.29, 1.82) is 0 Å². The van der Waals surface area contributed by atoms with Crippen molar-refractivity contribution < 1.29 is 27.0 Å². The molecular formula is C19H21CoN3O2. The monoisotopic (exact) mass is 382 g/mol. The summed E-state index contributed by atoms with van der Waals surface area (Å²) in [7, 11) is 0. The van der Waals surface area contributed by atoms with Gasteiger partial charge in [-0.3, -0.25) is 0 Å². The summed E-state index contributed by atoms with van der Waals surface area (Å²) in [6.07, 6.45) is 4.08. The van der Waals surface area contributed by atoms with Crippen LogP contribution in [0, 0.1) is 6.92 Å². The van der Waals surface area contributed by atoms with Gasteiger partial charge in [0.15, 0.2) is 0 Å². The molecule has 0 unspecified atom stereocenters. The first-order valence-corrected chi connectivity index (χ1v) is 8.47. The molecule has 0 aromatic heterocycles. The van der Waals surface area contributed by atoms with Crippen molar-refractivity contribution in [3.63, 3.8) is 0 Å². The number of phenolic OH excluding ortho intramolecular Hbond substituents is 2. The Morgan fingerprint density at radius 2 is 1.68 bits per heavy atom. The fourth-order valence-electron chi connectivity index (χ4n) is 3.73. The van der Waals surface area contributed by atoms with Gasteiger partial charge in [-0.15, -0.1) is 10.2 Å². The second kappa shape index (κ2) is 7.05. The molecule has 2 N–H and O–H groups in total. The minimum absolute atomic E-state index is 0. The summed E-state index contributed by atoms with van der Waals surface area (Å²) in [5.74, 6) is 0.333. The fraction of sp³-hybridized carbons (Fsp3) is 0.368. The van der Waals surface area contributed by atoms with Crippen LogP contribution >= 0.6 is 0 Å². The molecule has 2 aliphatic rings. The molecular weight excluding hydrogens is 361 g/mol. The Kier molecular flexibility index (Phi) is 5.01. The summed E-state index contributed by atoms with van der Waals surface area (Å²) >= 11 is 0. The van der Waals surface area contributed by atoms with Crippen LogP contribution in [0.25, 0.3) is 0 Å². The van der Waals surface area contributed by atoms with Crippen molar-refractivity contribution in [3.05, 3.63) is 41.0 Å². The van der Waals surface area contributed by atoms with Gasteiger partial charge in [0.1, 0.15) is 22.9 Å². The van der Waals surface area contributed by atoms with E-state index in [2.05, 4.69) is 15.1 Å². The van der Waals surface area contributed by atoms with Gasteiger partial charge in [-0.2, -0.15) is 0 Å². The van der Waals surface area contributed by atoms with Crippen LogP contribution in [-0.4, -0.2) is 23.3 Å². The van der Waals surface area contributed by atoms with Crippen LogP contribution in [0.1, 0.15) is 29.5 Å². The van der Waals surface area contributed by atoms with Crippen molar-refractivity contribution in [2.45, 2.75) is 32.6 Å². The van der Waals surface area contributed by atoms with Gasteiger partial charge in [0.2, 0.25) is 0 Å². The topological polar surface area (TPSA) is 68.4 Å². The number of nitrogens with zero attached hydrogens (tertiary/aromatic N) is 3. The quantitative estimate of drug-likeness (QED) is 0.751. The van der Waals surface area contributed by atoms with Crippen LogP contribution < -0.4 is 4.90 Å². The minimum atomic E-state index is 0. The largest absolute Gasteiger partial charge is 0.506 e. The number of aromatic hydroxyl groups is 2. The van der Waals surface area contributed by atoms with E-state index in [4.69, 9.17) is 0 Å². The molecule has 6 heteroatoms. The van der Waals surface area contributed by atoms with Crippen LogP contribution in [0.3, 0.4) is 0 Å². The van der Waals surface area contributed by atoms with Crippen molar-refractivity contribution in [1.82, 2.24) is 0 Å². The first-order valence-electron chi connectivity index (χ1n) is 8.47. The van der Waals surface area contributed by atoms with Crippen LogP contribution in [0.5, 0.6) is 11.5 Å². The van der Waals surface area contributed by atoms with Crippen molar-refractivity contribution in [3.8, 4) is 11.5 Å². The Hall–Kier alpha value is -2.05. The fourth-order valence-corrected chi connectivity index (χ4v) is 3.73. The predicted octanol–water partition coefficient (Wildman–Crippen LogP) is 4.52. The van der Waals surface area contributed by atoms with Gasteiger partial charge in [-0.1, -0.05) is 6.07 Å². The van der Waals surface area contributed by atoms with E-state index < -0.39 is 0 Å². The number of azo groups is 1. The Morgan fingerprint density at radius 3 is 2.44 bits per heavy atom. The second-order valence-electron chi connectivity index (χ2n) is 6.62. The summed E-state index contributed by atoms with van der Waals surface area (Å²) in [5.41, 5.74) is 5.33. The van der Waals surface area contributed by atoms with Crippen molar-refractivity contribution in [2.24, 2.45) is 10.2 Å². The molecule has 2 aromatic rings. The smallest absolute Gasteiger partial charge is 0.148 e. The maximum atomic E-state index is 10.6. The van der Waals surface area contributed by atoms with Crippen LogP contribution in [-0.2, 0) is 29.6 Å². The zero-order chi connectivity index (χ0) is 16.7. The normalized spacial score (nSPS) is 15.8. The molecule has 0 amide bonds. The van der Waals surface area contributed by atoms with E-state index in [9.17, 15) is 10.2 Å². The molecule has 0 saturated heterocycles.